The van der Waals surface area contributed by atoms with Crippen molar-refractivity contribution in [3.63, 3.8) is 0 Å². The lowest BCUT2D eigenvalue weighted by atomic mass is 10.2. The van der Waals surface area contributed by atoms with E-state index in [0.29, 0.717) is 21.4 Å². The molecule has 98 valence electrons. The van der Waals surface area contributed by atoms with Crippen molar-refractivity contribution in [2.45, 2.75) is 0 Å². The van der Waals surface area contributed by atoms with Crippen LogP contribution in [0.2, 0.25) is 10.0 Å². The molecule has 2 aromatic rings. The number of rotatable bonds is 3. The van der Waals surface area contributed by atoms with Gasteiger partial charge < -0.3 is 11.1 Å². The summed E-state index contributed by atoms with van der Waals surface area (Å²) in [5, 5.41) is 9.65. The number of thiocarbonyl (C=S) groups is 1. The van der Waals surface area contributed by atoms with Crippen LogP contribution in [-0.4, -0.2) is 21.1 Å². The summed E-state index contributed by atoms with van der Waals surface area (Å²) in [4.78, 5) is 12.2. The van der Waals surface area contributed by atoms with Crippen molar-refractivity contribution >= 4 is 52.1 Å². The molecule has 0 aliphatic heterocycles. The van der Waals surface area contributed by atoms with Crippen LogP contribution in [0.3, 0.4) is 0 Å². The fraction of sp³-hybridized carbons (Fsp3) is 0. The SMILES string of the molecule is NC(=S)c1cn[nH]c1NC(=O)c1cc(Cl)ccc1Cl. The number of aromatic amines is 1. The van der Waals surface area contributed by atoms with Gasteiger partial charge in [-0.15, -0.1) is 0 Å². The van der Waals surface area contributed by atoms with Gasteiger partial charge in [-0.25, -0.2) is 0 Å². The van der Waals surface area contributed by atoms with Crippen molar-refractivity contribution in [3.05, 3.63) is 45.6 Å². The Balaban J connectivity index is 2.28. The van der Waals surface area contributed by atoms with E-state index < -0.39 is 5.91 Å². The fourth-order valence-electron chi connectivity index (χ4n) is 1.42. The number of hydrogen-bond donors (Lipinski definition) is 3. The maximum atomic E-state index is 12.1. The first-order valence-electron chi connectivity index (χ1n) is 5.08. The highest BCUT2D eigenvalue weighted by Gasteiger charge is 2.15. The molecule has 0 aliphatic rings. The lowest BCUT2D eigenvalue weighted by molar-refractivity contribution is 0.102. The van der Waals surface area contributed by atoms with Gasteiger partial charge in [0.2, 0.25) is 0 Å². The number of anilines is 1. The molecule has 19 heavy (non-hydrogen) atoms. The predicted octanol–water partition coefficient (Wildman–Crippen LogP) is 2.60. The Kier molecular flexibility index (Phi) is 4.04. The van der Waals surface area contributed by atoms with Crippen LogP contribution in [0.4, 0.5) is 5.82 Å². The number of nitrogens with two attached hydrogens (primary N) is 1. The maximum Gasteiger partial charge on any atom is 0.258 e. The predicted molar refractivity (Wildman–Crippen MR) is 78.9 cm³/mol. The van der Waals surface area contributed by atoms with Gasteiger partial charge in [-0.05, 0) is 18.2 Å². The zero-order chi connectivity index (χ0) is 14.0. The number of nitrogens with zero attached hydrogens (tertiary/aromatic N) is 1. The van der Waals surface area contributed by atoms with Crippen LogP contribution >= 0.6 is 35.4 Å². The molecule has 5 nitrogen and oxygen atoms in total. The summed E-state index contributed by atoms with van der Waals surface area (Å²) in [6, 6.07) is 4.60. The average molecular weight is 315 g/mol. The van der Waals surface area contributed by atoms with Crippen LogP contribution in [0.25, 0.3) is 0 Å². The van der Waals surface area contributed by atoms with Crippen LogP contribution in [0.1, 0.15) is 15.9 Å². The van der Waals surface area contributed by atoms with E-state index in [1.807, 2.05) is 0 Å². The molecule has 0 saturated heterocycles. The van der Waals surface area contributed by atoms with E-state index in [9.17, 15) is 4.79 Å². The van der Waals surface area contributed by atoms with E-state index >= 15 is 0 Å². The first kappa shape index (κ1) is 13.8. The number of hydrogen-bond acceptors (Lipinski definition) is 3. The Bertz CT molecular complexity index is 656. The normalized spacial score (nSPS) is 10.2. The highest BCUT2D eigenvalue weighted by molar-refractivity contribution is 7.80. The average Bonchev–Trinajstić information content (AvgIpc) is 2.80. The Labute approximate surface area is 124 Å². The smallest absolute Gasteiger partial charge is 0.258 e. The van der Waals surface area contributed by atoms with Crippen LogP contribution in [-0.2, 0) is 0 Å². The number of halogens is 2. The van der Waals surface area contributed by atoms with Gasteiger partial charge in [0.1, 0.15) is 10.8 Å². The molecule has 0 fully saturated rings. The second-order valence-electron chi connectivity index (χ2n) is 3.60. The van der Waals surface area contributed by atoms with Crippen LogP contribution in [0, 0.1) is 0 Å². The zero-order valence-corrected chi connectivity index (χ0v) is 11.7. The van der Waals surface area contributed by atoms with Crippen molar-refractivity contribution in [1.82, 2.24) is 10.2 Å². The van der Waals surface area contributed by atoms with Crippen molar-refractivity contribution in [2.75, 3.05) is 5.32 Å². The topological polar surface area (TPSA) is 83.8 Å². The van der Waals surface area contributed by atoms with Gasteiger partial charge in [-0.1, -0.05) is 35.4 Å². The maximum absolute atomic E-state index is 12.1. The Hall–Kier alpha value is -1.63. The van der Waals surface area contributed by atoms with Crippen molar-refractivity contribution in [1.29, 1.82) is 0 Å². The highest BCUT2D eigenvalue weighted by Crippen LogP contribution is 2.22. The molecule has 1 aromatic carbocycles. The third-order valence-corrected chi connectivity index (χ3v) is 3.10. The second-order valence-corrected chi connectivity index (χ2v) is 4.88. The molecule has 0 aliphatic carbocycles. The highest BCUT2D eigenvalue weighted by atomic mass is 35.5. The van der Waals surface area contributed by atoms with E-state index in [1.165, 1.54) is 12.3 Å². The Morgan fingerprint density at radius 3 is 2.79 bits per heavy atom. The molecule has 0 spiro atoms. The summed E-state index contributed by atoms with van der Waals surface area (Å²) in [6.45, 7) is 0. The van der Waals surface area contributed by atoms with Gasteiger partial charge in [0.05, 0.1) is 22.3 Å². The van der Waals surface area contributed by atoms with Crippen LogP contribution in [0.15, 0.2) is 24.4 Å². The van der Waals surface area contributed by atoms with Crippen LogP contribution in [0.5, 0.6) is 0 Å². The van der Waals surface area contributed by atoms with E-state index in [2.05, 4.69) is 15.5 Å². The number of benzene rings is 1. The summed E-state index contributed by atoms with van der Waals surface area (Å²) in [5.74, 6) is -0.122. The van der Waals surface area contributed by atoms with Crippen molar-refractivity contribution < 1.29 is 4.79 Å². The zero-order valence-electron chi connectivity index (χ0n) is 9.41. The van der Waals surface area contributed by atoms with Gasteiger partial charge in [-0.3, -0.25) is 9.89 Å². The number of carbonyl (C=O) groups is 1. The minimum Gasteiger partial charge on any atom is -0.389 e. The number of nitrogens with one attached hydrogen (secondary N) is 2. The summed E-state index contributed by atoms with van der Waals surface area (Å²) in [6.07, 6.45) is 1.43. The van der Waals surface area contributed by atoms with Crippen LogP contribution < -0.4 is 11.1 Å². The molecule has 0 radical (unpaired) electrons. The molecular formula is C11H8Cl2N4OS. The third-order valence-electron chi connectivity index (χ3n) is 2.32. The molecule has 0 unspecified atom stereocenters. The van der Waals surface area contributed by atoms with E-state index in [-0.39, 0.29) is 10.6 Å². The van der Waals surface area contributed by atoms with Crippen molar-refractivity contribution in [3.8, 4) is 0 Å². The minimum absolute atomic E-state index is 0.126. The minimum atomic E-state index is -0.436. The van der Waals surface area contributed by atoms with E-state index in [4.69, 9.17) is 41.2 Å². The Morgan fingerprint density at radius 1 is 1.37 bits per heavy atom. The van der Waals surface area contributed by atoms with Gasteiger partial charge in [0.15, 0.2) is 0 Å². The molecular weight excluding hydrogens is 307 g/mol. The second kappa shape index (κ2) is 5.56. The summed E-state index contributed by atoms with van der Waals surface area (Å²) < 4.78 is 0. The third kappa shape index (κ3) is 3.04. The van der Waals surface area contributed by atoms with E-state index in [0.717, 1.165) is 0 Å². The first-order valence-corrected chi connectivity index (χ1v) is 6.25. The van der Waals surface area contributed by atoms with E-state index in [1.54, 1.807) is 12.1 Å². The molecule has 4 N–H and O–H groups in total. The first-order chi connectivity index (χ1) is 8.99. The monoisotopic (exact) mass is 314 g/mol. The Morgan fingerprint density at radius 2 is 2.11 bits per heavy atom. The molecule has 1 heterocycles. The summed E-state index contributed by atoms with van der Waals surface area (Å²) >= 11 is 16.6. The lowest BCUT2D eigenvalue weighted by Gasteiger charge is -2.07. The summed E-state index contributed by atoms with van der Waals surface area (Å²) in [5.41, 5.74) is 6.19. The van der Waals surface area contributed by atoms with Gasteiger partial charge in [0, 0.05) is 5.02 Å². The van der Waals surface area contributed by atoms with Gasteiger partial charge in [0.25, 0.3) is 5.91 Å². The number of amides is 1. The number of aromatic nitrogens is 2. The quantitative estimate of drug-likeness (QED) is 0.760. The van der Waals surface area contributed by atoms with Crippen molar-refractivity contribution in [2.24, 2.45) is 5.73 Å². The standard InChI is InChI=1S/C11H8Cl2N4OS/c12-5-1-2-8(13)6(3-5)11(18)16-10-7(9(14)19)4-15-17-10/h1-4H,(H2,14,19)(H2,15,16,17,18). The van der Waals surface area contributed by atoms with Gasteiger partial charge in [-0.2, -0.15) is 5.10 Å². The molecule has 1 amide bonds. The fourth-order valence-corrected chi connectivity index (χ4v) is 1.95. The molecule has 8 heteroatoms. The lowest BCUT2D eigenvalue weighted by Crippen LogP contribution is -2.17. The number of H-pyrrole nitrogens is 1. The molecule has 0 saturated carbocycles. The molecule has 0 bridgehead atoms. The number of carbonyl (C=O) groups excluding carboxylic acids is 1. The summed E-state index contributed by atoms with van der Waals surface area (Å²) in [7, 11) is 0. The largest absolute Gasteiger partial charge is 0.389 e. The molecule has 0 atom stereocenters. The molecule has 2 rings (SSSR count). The molecule has 1 aromatic heterocycles. The van der Waals surface area contributed by atoms with Gasteiger partial charge >= 0.3 is 0 Å².